The highest BCUT2D eigenvalue weighted by molar-refractivity contribution is 7.08. The molecule has 5 aliphatic carbocycles. The lowest BCUT2D eigenvalue weighted by molar-refractivity contribution is -0.226. The molecule has 8 atom stereocenters. The molecule has 0 aliphatic heterocycles. The molecule has 39 heavy (non-hydrogen) atoms. The molecule has 2 N–H and O–H groups in total. The fraction of sp³-hybridized carbons (Fsp3) is 0.765. The van der Waals surface area contributed by atoms with E-state index in [1.165, 1.54) is 24.8 Å². The number of carbonyl (C=O) groups is 2. The molecule has 4 saturated carbocycles. The number of rotatable bonds is 3. The fourth-order valence-corrected chi connectivity index (χ4v) is 12.1. The Bertz CT molecular complexity index is 1210. The number of fused-ring (bicyclic) bond motifs is 7. The quantitative estimate of drug-likeness (QED) is 0.407. The van der Waals surface area contributed by atoms with Gasteiger partial charge in [0.25, 0.3) is 5.91 Å². The Hall–Kier alpha value is -1.46. The lowest BCUT2D eigenvalue weighted by Crippen LogP contribution is -2.67. The number of allylic oxidation sites excluding steroid dienone is 1. The number of amides is 1. The van der Waals surface area contributed by atoms with Gasteiger partial charge in [-0.3, -0.25) is 9.59 Å². The SMILES string of the molecule is CC(C)C1=C2[C@H]3CC[C@@H]4[C@@]5(C)CC[C@H](O)C(C)(C)[C@@H]5CC[C@@]4(C)[C@]3(C)CC[C@@]2(NC(=O)c2ccsc2)CC1=O. The number of ketones is 1. The number of Topliss-reactive ketones (excluding diaryl/α,β-unsaturated/α-hetero) is 1. The molecule has 0 saturated heterocycles. The summed E-state index contributed by atoms with van der Waals surface area (Å²) in [5.74, 6) is 1.85. The Kier molecular flexibility index (Phi) is 6.23. The maximum atomic E-state index is 13.7. The Morgan fingerprint density at radius 1 is 0.974 bits per heavy atom. The number of hydrogen-bond acceptors (Lipinski definition) is 4. The van der Waals surface area contributed by atoms with Gasteiger partial charge in [0.2, 0.25) is 0 Å². The largest absolute Gasteiger partial charge is 0.393 e. The molecule has 0 spiro atoms. The van der Waals surface area contributed by atoms with Crippen molar-refractivity contribution in [2.75, 3.05) is 0 Å². The summed E-state index contributed by atoms with van der Waals surface area (Å²) >= 11 is 1.54. The van der Waals surface area contributed by atoms with E-state index in [9.17, 15) is 14.7 Å². The molecule has 0 radical (unpaired) electrons. The summed E-state index contributed by atoms with van der Waals surface area (Å²) in [5, 5.41) is 18.3. The van der Waals surface area contributed by atoms with Gasteiger partial charge in [0.05, 0.1) is 17.2 Å². The first-order valence-electron chi connectivity index (χ1n) is 15.5. The molecule has 6 rings (SSSR count). The minimum absolute atomic E-state index is 0.0360. The van der Waals surface area contributed by atoms with E-state index in [2.05, 4.69) is 53.8 Å². The van der Waals surface area contributed by atoms with Crippen LogP contribution >= 0.6 is 11.3 Å². The maximum Gasteiger partial charge on any atom is 0.252 e. The van der Waals surface area contributed by atoms with E-state index < -0.39 is 5.54 Å². The van der Waals surface area contributed by atoms with E-state index in [0.29, 0.717) is 29.7 Å². The summed E-state index contributed by atoms with van der Waals surface area (Å²) in [7, 11) is 0. The Labute approximate surface area is 239 Å². The highest BCUT2D eigenvalue weighted by Gasteiger charge is 2.70. The summed E-state index contributed by atoms with van der Waals surface area (Å²) in [4.78, 5) is 27.2. The Morgan fingerprint density at radius 2 is 1.72 bits per heavy atom. The number of carbonyl (C=O) groups excluding carboxylic acids is 2. The topological polar surface area (TPSA) is 66.4 Å². The molecule has 214 valence electrons. The molecule has 1 aromatic heterocycles. The smallest absolute Gasteiger partial charge is 0.252 e. The van der Waals surface area contributed by atoms with Gasteiger partial charge in [0.15, 0.2) is 5.78 Å². The molecule has 1 aromatic rings. The van der Waals surface area contributed by atoms with Crippen LogP contribution < -0.4 is 5.32 Å². The highest BCUT2D eigenvalue weighted by atomic mass is 32.1. The van der Waals surface area contributed by atoms with Crippen LogP contribution in [-0.2, 0) is 4.79 Å². The molecule has 1 amide bonds. The molecular formula is C34H49NO3S. The molecule has 0 aromatic carbocycles. The third-order valence-corrected chi connectivity index (χ3v) is 14.2. The number of thiophene rings is 1. The molecule has 5 heteroatoms. The van der Waals surface area contributed by atoms with Crippen molar-refractivity contribution < 1.29 is 14.7 Å². The van der Waals surface area contributed by atoms with Gasteiger partial charge in [-0.15, -0.1) is 0 Å². The van der Waals surface area contributed by atoms with Crippen LogP contribution in [0.15, 0.2) is 28.0 Å². The summed E-state index contributed by atoms with van der Waals surface area (Å²) in [6, 6.07) is 1.89. The highest BCUT2D eigenvalue weighted by Crippen LogP contribution is 2.75. The van der Waals surface area contributed by atoms with E-state index in [4.69, 9.17) is 0 Å². The second-order valence-corrected chi connectivity index (χ2v) is 16.4. The van der Waals surface area contributed by atoms with Crippen LogP contribution in [0, 0.1) is 45.3 Å². The lowest BCUT2D eigenvalue weighted by Gasteiger charge is -2.72. The lowest BCUT2D eigenvalue weighted by atomic mass is 9.33. The zero-order valence-corrected chi connectivity index (χ0v) is 26.0. The van der Waals surface area contributed by atoms with Crippen LogP contribution in [0.2, 0.25) is 0 Å². The van der Waals surface area contributed by atoms with E-state index in [-0.39, 0.29) is 45.4 Å². The van der Waals surface area contributed by atoms with Crippen LogP contribution in [0.5, 0.6) is 0 Å². The van der Waals surface area contributed by atoms with Gasteiger partial charge in [-0.2, -0.15) is 11.3 Å². The third-order valence-electron chi connectivity index (χ3n) is 13.5. The van der Waals surface area contributed by atoms with Gasteiger partial charge in [-0.1, -0.05) is 48.5 Å². The number of aliphatic hydroxyl groups is 1. The van der Waals surface area contributed by atoms with Gasteiger partial charge in [0, 0.05) is 11.8 Å². The van der Waals surface area contributed by atoms with Crippen molar-refractivity contribution in [1.29, 1.82) is 0 Å². The van der Waals surface area contributed by atoms with Crippen LogP contribution in [0.1, 0.15) is 117 Å². The van der Waals surface area contributed by atoms with Crippen LogP contribution in [0.25, 0.3) is 0 Å². The first-order valence-corrected chi connectivity index (χ1v) is 16.5. The van der Waals surface area contributed by atoms with E-state index in [1.807, 2.05) is 16.8 Å². The molecule has 4 nitrogen and oxygen atoms in total. The molecule has 0 unspecified atom stereocenters. The normalized spacial score (nSPS) is 44.9. The van der Waals surface area contributed by atoms with Crippen molar-refractivity contribution in [3.63, 3.8) is 0 Å². The summed E-state index contributed by atoms with van der Waals surface area (Å²) in [6.07, 6.45) is 8.75. The first kappa shape index (κ1) is 27.7. The minimum atomic E-state index is -0.541. The third kappa shape index (κ3) is 3.57. The van der Waals surface area contributed by atoms with Gasteiger partial charge in [0.1, 0.15) is 0 Å². The summed E-state index contributed by atoms with van der Waals surface area (Å²) in [6.45, 7) is 16.6. The number of aliphatic hydroxyl groups excluding tert-OH is 1. The van der Waals surface area contributed by atoms with Crippen LogP contribution in [0.3, 0.4) is 0 Å². The summed E-state index contributed by atoms with van der Waals surface area (Å²) < 4.78 is 0. The molecule has 0 bridgehead atoms. The van der Waals surface area contributed by atoms with Crippen molar-refractivity contribution in [2.45, 2.75) is 118 Å². The van der Waals surface area contributed by atoms with Crippen molar-refractivity contribution in [1.82, 2.24) is 5.32 Å². The first-order chi connectivity index (χ1) is 18.2. The molecule has 1 heterocycles. The average Bonchev–Trinajstić information content (AvgIpc) is 3.49. The predicted molar refractivity (Wildman–Crippen MR) is 158 cm³/mol. The van der Waals surface area contributed by atoms with Gasteiger partial charge < -0.3 is 10.4 Å². The van der Waals surface area contributed by atoms with Crippen molar-refractivity contribution in [3.05, 3.63) is 33.5 Å². The maximum absolute atomic E-state index is 13.7. The fourth-order valence-electron chi connectivity index (χ4n) is 11.4. The molecular weight excluding hydrogens is 502 g/mol. The van der Waals surface area contributed by atoms with Gasteiger partial charge in [-0.05, 0) is 119 Å². The molecule has 4 fully saturated rings. The zero-order valence-electron chi connectivity index (χ0n) is 25.2. The standard InChI is InChI=1S/C34H49NO3S/c1-20(2)27-23(36)18-34(35-29(38)21-12-17-39-19-21)16-15-32(6)22(28(27)34)8-9-25-31(5)13-11-26(37)30(3,4)24(31)10-14-33(25,32)7/h12,17,19-20,22,24-26,37H,8-11,13-16,18H2,1-7H3,(H,35,38)/t22-,24+,25-,26+,31+,32-,33-,34-/m1/s1. The minimum Gasteiger partial charge on any atom is -0.393 e. The average molecular weight is 552 g/mol. The summed E-state index contributed by atoms with van der Waals surface area (Å²) in [5.41, 5.74) is 2.91. The van der Waals surface area contributed by atoms with E-state index >= 15 is 0 Å². The second kappa shape index (κ2) is 8.77. The molecule has 5 aliphatic rings. The number of hydrogen-bond donors (Lipinski definition) is 2. The van der Waals surface area contributed by atoms with Crippen LogP contribution in [0.4, 0.5) is 0 Å². The van der Waals surface area contributed by atoms with Gasteiger partial charge in [-0.25, -0.2) is 0 Å². The van der Waals surface area contributed by atoms with Crippen LogP contribution in [-0.4, -0.2) is 28.4 Å². The van der Waals surface area contributed by atoms with Crippen molar-refractivity contribution in [3.8, 4) is 0 Å². The van der Waals surface area contributed by atoms with Crippen molar-refractivity contribution >= 4 is 23.0 Å². The predicted octanol–water partition coefficient (Wildman–Crippen LogP) is 7.57. The van der Waals surface area contributed by atoms with E-state index in [1.54, 1.807) is 11.3 Å². The van der Waals surface area contributed by atoms with Gasteiger partial charge >= 0.3 is 0 Å². The van der Waals surface area contributed by atoms with E-state index in [0.717, 1.165) is 37.7 Å². The Morgan fingerprint density at radius 3 is 2.38 bits per heavy atom. The zero-order chi connectivity index (χ0) is 28.2. The Balaban J connectivity index is 1.42. The monoisotopic (exact) mass is 551 g/mol. The second-order valence-electron chi connectivity index (χ2n) is 15.6. The van der Waals surface area contributed by atoms with Crippen molar-refractivity contribution in [2.24, 2.45) is 45.3 Å². The number of nitrogens with one attached hydrogen (secondary N) is 1.